The quantitative estimate of drug-likeness (QED) is 0.575. The highest BCUT2D eigenvalue weighted by molar-refractivity contribution is 8.00. The molecule has 1 N–H and O–H groups in total. The Morgan fingerprint density at radius 3 is 2.62 bits per heavy atom. The molecule has 1 aliphatic carbocycles. The number of nitrogens with one attached hydrogen (secondary N) is 1. The van der Waals surface area contributed by atoms with Gasteiger partial charge in [0.05, 0.1) is 22.2 Å². The number of benzene rings is 1. The minimum absolute atomic E-state index is 0.0832. The molecule has 1 heterocycles. The number of nitrogens with zero attached hydrogens (tertiary/aromatic N) is 3. The summed E-state index contributed by atoms with van der Waals surface area (Å²) in [4.78, 5) is 30.6. The number of para-hydroxylation sites is 1. The summed E-state index contributed by atoms with van der Waals surface area (Å²) in [6.07, 6.45) is 4.40. The Kier molecular flexibility index (Phi) is 6.63. The summed E-state index contributed by atoms with van der Waals surface area (Å²) < 4.78 is 1.67. The maximum atomic E-state index is 13.0. The number of carbonyl (C=O) groups is 1. The first kappa shape index (κ1) is 21.4. The van der Waals surface area contributed by atoms with Gasteiger partial charge >= 0.3 is 0 Å². The Balaban J connectivity index is 1.87. The van der Waals surface area contributed by atoms with Crippen LogP contribution in [0.2, 0.25) is 0 Å². The van der Waals surface area contributed by atoms with E-state index in [-0.39, 0.29) is 17.4 Å². The Morgan fingerprint density at radius 1 is 1.28 bits per heavy atom. The molecule has 2 aromatic rings. The highest BCUT2D eigenvalue weighted by Gasteiger charge is 2.35. The summed E-state index contributed by atoms with van der Waals surface area (Å²) in [5, 5.41) is 13.3. The summed E-state index contributed by atoms with van der Waals surface area (Å²) >= 11 is 1.28. The smallest absolute Gasteiger partial charge is 0.262 e. The Bertz CT molecular complexity index is 986. The van der Waals surface area contributed by atoms with Gasteiger partial charge < -0.3 is 5.32 Å². The molecule has 3 rings (SSSR count). The van der Waals surface area contributed by atoms with Crippen LogP contribution in [0.25, 0.3) is 10.9 Å². The number of rotatable bonds is 6. The second-order valence-electron chi connectivity index (χ2n) is 8.23. The van der Waals surface area contributed by atoms with Crippen LogP contribution in [-0.2, 0) is 11.3 Å². The van der Waals surface area contributed by atoms with Crippen LogP contribution in [0.5, 0.6) is 0 Å². The lowest BCUT2D eigenvalue weighted by Gasteiger charge is -2.32. The average molecular weight is 413 g/mol. The monoisotopic (exact) mass is 412 g/mol. The zero-order valence-corrected chi connectivity index (χ0v) is 18.1. The van der Waals surface area contributed by atoms with Gasteiger partial charge in [-0.3, -0.25) is 14.2 Å². The van der Waals surface area contributed by atoms with Crippen LogP contribution in [0.4, 0.5) is 0 Å². The van der Waals surface area contributed by atoms with Crippen LogP contribution in [0.15, 0.2) is 34.2 Å². The zero-order valence-electron chi connectivity index (χ0n) is 17.3. The molecule has 1 saturated carbocycles. The molecule has 1 aliphatic rings. The minimum atomic E-state index is -0.765. The predicted molar refractivity (Wildman–Crippen MR) is 116 cm³/mol. The van der Waals surface area contributed by atoms with Crippen LogP contribution in [0, 0.1) is 17.2 Å². The number of thioether (sulfide) groups is 1. The van der Waals surface area contributed by atoms with Gasteiger partial charge in [0.2, 0.25) is 5.91 Å². The van der Waals surface area contributed by atoms with E-state index in [4.69, 9.17) is 0 Å². The van der Waals surface area contributed by atoms with E-state index in [1.165, 1.54) is 11.8 Å². The summed E-state index contributed by atoms with van der Waals surface area (Å²) in [7, 11) is 0. The average Bonchev–Trinajstić information content (AvgIpc) is 2.71. The second kappa shape index (κ2) is 9.00. The van der Waals surface area contributed by atoms with E-state index in [2.05, 4.69) is 16.4 Å². The van der Waals surface area contributed by atoms with Gasteiger partial charge in [0.15, 0.2) is 5.16 Å². The van der Waals surface area contributed by atoms with Crippen LogP contribution in [-0.4, -0.2) is 26.2 Å². The number of hydrogen-bond donors (Lipinski definition) is 1. The highest BCUT2D eigenvalue weighted by atomic mass is 32.2. The molecule has 1 aromatic heterocycles. The molecule has 0 radical (unpaired) electrons. The fourth-order valence-corrected chi connectivity index (χ4v) is 4.65. The fourth-order valence-electron chi connectivity index (χ4n) is 3.73. The van der Waals surface area contributed by atoms with E-state index in [0.717, 1.165) is 19.3 Å². The van der Waals surface area contributed by atoms with Crippen LogP contribution < -0.4 is 10.9 Å². The van der Waals surface area contributed by atoms with Crippen molar-refractivity contribution in [2.24, 2.45) is 5.92 Å². The van der Waals surface area contributed by atoms with Gasteiger partial charge in [-0.2, -0.15) is 5.26 Å². The molecular formula is C22H28N4O2S. The molecule has 29 heavy (non-hydrogen) atoms. The molecule has 7 heteroatoms. The van der Waals surface area contributed by atoms with Gasteiger partial charge in [0.1, 0.15) is 5.54 Å². The third-order valence-electron chi connectivity index (χ3n) is 5.31. The molecule has 0 spiro atoms. The van der Waals surface area contributed by atoms with Crippen molar-refractivity contribution >= 4 is 28.6 Å². The topological polar surface area (TPSA) is 87.8 Å². The van der Waals surface area contributed by atoms with Crippen LogP contribution in [0.3, 0.4) is 0 Å². The molecule has 6 nitrogen and oxygen atoms in total. The van der Waals surface area contributed by atoms with E-state index >= 15 is 0 Å². The minimum Gasteiger partial charge on any atom is -0.337 e. The van der Waals surface area contributed by atoms with E-state index in [1.807, 2.05) is 32.0 Å². The van der Waals surface area contributed by atoms with Crippen molar-refractivity contribution in [1.82, 2.24) is 14.9 Å². The predicted octanol–water partition coefficient (Wildman–Crippen LogP) is 3.88. The van der Waals surface area contributed by atoms with Crippen molar-refractivity contribution in [2.75, 3.05) is 0 Å². The summed E-state index contributed by atoms with van der Waals surface area (Å²) in [6.45, 7) is 6.43. The Morgan fingerprint density at radius 2 is 1.97 bits per heavy atom. The molecule has 0 aliphatic heterocycles. The maximum absolute atomic E-state index is 13.0. The Hall–Kier alpha value is -2.33. The molecule has 0 saturated heterocycles. The standard InChI is InChI=1S/C22H28N4O2S/c1-15(2)13-26-20(28)17-9-5-6-10-18(17)24-21(26)29-16(3)19(27)25-22(14-23)11-7-4-8-12-22/h5-6,9-10,15-16H,4,7-8,11-13H2,1-3H3,(H,25,27). The number of carbonyl (C=O) groups excluding carboxylic acids is 1. The van der Waals surface area contributed by atoms with Gasteiger partial charge in [-0.1, -0.05) is 57.0 Å². The lowest BCUT2D eigenvalue weighted by atomic mass is 9.83. The molecule has 154 valence electrons. The molecule has 1 fully saturated rings. The highest BCUT2D eigenvalue weighted by Crippen LogP contribution is 2.29. The summed E-state index contributed by atoms with van der Waals surface area (Å²) in [5.74, 6) is 0.0835. The number of aromatic nitrogens is 2. The van der Waals surface area contributed by atoms with Crippen LogP contribution in [0.1, 0.15) is 52.9 Å². The van der Waals surface area contributed by atoms with Gasteiger partial charge in [-0.25, -0.2) is 4.98 Å². The van der Waals surface area contributed by atoms with Crippen molar-refractivity contribution in [3.05, 3.63) is 34.6 Å². The van der Waals surface area contributed by atoms with Crippen molar-refractivity contribution in [3.63, 3.8) is 0 Å². The van der Waals surface area contributed by atoms with Crippen molar-refractivity contribution in [3.8, 4) is 6.07 Å². The first-order valence-electron chi connectivity index (χ1n) is 10.2. The molecular weight excluding hydrogens is 384 g/mol. The van der Waals surface area contributed by atoms with Crippen molar-refractivity contribution < 1.29 is 4.79 Å². The largest absolute Gasteiger partial charge is 0.337 e. The normalized spacial score (nSPS) is 17.1. The SMILES string of the molecule is CC(C)Cn1c(SC(C)C(=O)NC2(C#N)CCCCC2)nc2ccccc2c1=O. The lowest BCUT2D eigenvalue weighted by molar-refractivity contribution is -0.121. The molecule has 1 unspecified atom stereocenters. The van der Waals surface area contributed by atoms with Gasteiger partial charge in [-0.05, 0) is 37.8 Å². The van der Waals surface area contributed by atoms with Gasteiger partial charge in [-0.15, -0.1) is 0 Å². The first-order chi connectivity index (χ1) is 13.8. The zero-order chi connectivity index (χ0) is 21.0. The van der Waals surface area contributed by atoms with E-state index in [1.54, 1.807) is 17.6 Å². The number of hydrogen-bond acceptors (Lipinski definition) is 5. The molecule has 1 atom stereocenters. The Labute approximate surface area is 175 Å². The van der Waals surface area contributed by atoms with Gasteiger partial charge in [0.25, 0.3) is 5.56 Å². The summed E-state index contributed by atoms with van der Waals surface area (Å²) in [5.41, 5.74) is -0.216. The summed E-state index contributed by atoms with van der Waals surface area (Å²) in [6, 6.07) is 9.61. The van der Waals surface area contributed by atoms with Crippen molar-refractivity contribution in [2.45, 2.75) is 75.4 Å². The number of nitriles is 1. The van der Waals surface area contributed by atoms with Crippen LogP contribution >= 0.6 is 11.8 Å². The lowest BCUT2D eigenvalue weighted by Crippen LogP contribution is -2.51. The third kappa shape index (κ3) is 4.81. The van der Waals surface area contributed by atoms with E-state index in [0.29, 0.717) is 35.4 Å². The molecule has 0 bridgehead atoms. The molecule has 1 amide bonds. The van der Waals surface area contributed by atoms with Crippen molar-refractivity contribution in [1.29, 1.82) is 5.26 Å². The maximum Gasteiger partial charge on any atom is 0.262 e. The second-order valence-corrected chi connectivity index (χ2v) is 9.53. The van der Waals surface area contributed by atoms with Gasteiger partial charge in [0, 0.05) is 6.54 Å². The first-order valence-corrected chi connectivity index (χ1v) is 11.1. The van der Waals surface area contributed by atoms with E-state index < -0.39 is 10.8 Å². The molecule has 1 aromatic carbocycles. The fraction of sp³-hybridized carbons (Fsp3) is 0.545. The third-order valence-corrected chi connectivity index (χ3v) is 6.40. The number of amides is 1. The van der Waals surface area contributed by atoms with E-state index in [9.17, 15) is 14.9 Å². The number of fused-ring (bicyclic) bond motifs is 1.